The van der Waals surface area contributed by atoms with Crippen LogP contribution in [0, 0.1) is 17.1 Å². The molecule has 0 saturated carbocycles. The Morgan fingerprint density at radius 3 is 2.93 bits per heavy atom. The van der Waals surface area contributed by atoms with Crippen LogP contribution >= 0.6 is 12.6 Å². The van der Waals surface area contributed by atoms with E-state index in [9.17, 15) is 4.39 Å². The van der Waals surface area contributed by atoms with E-state index in [4.69, 9.17) is 5.26 Å². The highest BCUT2D eigenvalue weighted by atomic mass is 32.1. The number of nitriles is 1. The van der Waals surface area contributed by atoms with E-state index < -0.39 is 0 Å². The first-order valence-corrected chi connectivity index (χ1v) is 4.88. The van der Waals surface area contributed by atoms with Gasteiger partial charge < -0.3 is 0 Å². The van der Waals surface area contributed by atoms with Gasteiger partial charge in [0.1, 0.15) is 5.82 Å². The molecule has 0 heterocycles. The highest BCUT2D eigenvalue weighted by Gasteiger charge is 1.99. The number of rotatable bonds is 3. The molecule has 0 aromatic heterocycles. The molecule has 1 aromatic rings. The van der Waals surface area contributed by atoms with Gasteiger partial charge in [0.05, 0.1) is 11.6 Å². The molecule has 0 aliphatic heterocycles. The zero-order valence-corrected chi connectivity index (χ0v) is 8.47. The van der Waals surface area contributed by atoms with Crippen molar-refractivity contribution in [3.63, 3.8) is 0 Å². The Kier molecular flexibility index (Phi) is 4.21. The van der Waals surface area contributed by atoms with Crippen molar-refractivity contribution in [3.05, 3.63) is 41.2 Å². The average molecular weight is 207 g/mol. The molecule has 1 aromatic carbocycles. The van der Waals surface area contributed by atoms with Gasteiger partial charge in [0, 0.05) is 0 Å². The highest BCUT2D eigenvalue weighted by Crippen LogP contribution is 2.12. The van der Waals surface area contributed by atoms with E-state index in [1.165, 1.54) is 12.1 Å². The molecule has 0 saturated heterocycles. The first-order valence-electron chi connectivity index (χ1n) is 4.25. The molecule has 14 heavy (non-hydrogen) atoms. The number of halogens is 1. The monoisotopic (exact) mass is 207 g/mol. The number of benzene rings is 1. The summed E-state index contributed by atoms with van der Waals surface area (Å²) in [4.78, 5) is 0. The van der Waals surface area contributed by atoms with Crippen LogP contribution in [0.1, 0.15) is 17.5 Å². The minimum atomic E-state index is -0.382. The van der Waals surface area contributed by atoms with Crippen LogP contribution in [-0.4, -0.2) is 5.75 Å². The van der Waals surface area contributed by atoms with Crippen LogP contribution in [0.5, 0.6) is 0 Å². The summed E-state index contributed by atoms with van der Waals surface area (Å²) in [6.07, 6.45) is 4.57. The predicted octanol–water partition coefficient (Wildman–Crippen LogP) is 3.03. The maximum atomic E-state index is 12.7. The van der Waals surface area contributed by atoms with E-state index in [2.05, 4.69) is 12.6 Å². The lowest BCUT2D eigenvalue weighted by Gasteiger charge is -1.97. The Labute approximate surface area is 88.3 Å². The summed E-state index contributed by atoms with van der Waals surface area (Å²) < 4.78 is 12.7. The van der Waals surface area contributed by atoms with Crippen LogP contribution < -0.4 is 0 Å². The second kappa shape index (κ2) is 5.46. The topological polar surface area (TPSA) is 23.8 Å². The minimum absolute atomic E-state index is 0.361. The Hall–Kier alpha value is -1.27. The minimum Gasteiger partial charge on any atom is -0.207 e. The molecule has 0 amide bonds. The van der Waals surface area contributed by atoms with Gasteiger partial charge in [-0.2, -0.15) is 17.9 Å². The molecule has 0 radical (unpaired) electrons. The molecular weight excluding hydrogens is 197 g/mol. The van der Waals surface area contributed by atoms with Crippen LogP contribution in [0.3, 0.4) is 0 Å². The van der Waals surface area contributed by atoms with Crippen molar-refractivity contribution in [1.29, 1.82) is 5.26 Å². The lowest BCUT2D eigenvalue weighted by molar-refractivity contribution is 0.627. The van der Waals surface area contributed by atoms with E-state index in [-0.39, 0.29) is 5.82 Å². The summed E-state index contributed by atoms with van der Waals surface area (Å²) in [6, 6.07) is 6.14. The molecule has 0 unspecified atom stereocenters. The predicted molar refractivity (Wildman–Crippen MR) is 58.6 cm³/mol. The number of thiol groups is 1. The zero-order valence-electron chi connectivity index (χ0n) is 7.57. The van der Waals surface area contributed by atoms with Crippen LogP contribution in [0.4, 0.5) is 4.39 Å². The third-order valence-corrected chi connectivity index (χ3v) is 1.99. The van der Waals surface area contributed by atoms with Gasteiger partial charge >= 0.3 is 0 Å². The van der Waals surface area contributed by atoms with Gasteiger partial charge in [0.2, 0.25) is 0 Å². The summed E-state index contributed by atoms with van der Waals surface area (Å²) in [5.74, 6) is 0.382. The molecular formula is C11H10FNS. The molecule has 0 atom stereocenters. The van der Waals surface area contributed by atoms with Crippen LogP contribution in [0.25, 0.3) is 6.08 Å². The number of allylic oxidation sites excluding steroid dienone is 1. The van der Waals surface area contributed by atoms with Gasteiger partial charge in [0.25, 0.3) is 0 Å². The molecule has 0 N–H and O–H groups in total. The summed E-state index contributed by atoms with van der Waals surface area (Å²) in [7, 11) is 0. The Morgan fingerprint density at radius 2 is 2.29 bits per heavy atom. The van der Waals surface area contributed by atoms with Gasteiger partial charge in [-0.25, -0.2) is 4.39 Å². The van der Waals surface area contributed by atoms with Crippen molar-refractivity contribution in [3.8, 4) is 6.07 Å². The van der Waals surface area contributed by atoms with Gasteiger partial charge in [-0.3, -0.25) is 0 Å². The molecule has 72 valence electrons. The highest BCUT2D eigenvalue weighted by molar-refractivity contribution is 7.80. The van der Waals surface area contributed by atoms with Crippen molar-refractivity contribution < 1.29 is 4.39 Å². The average Bonchev–Trinajstić information content (AvgIpc) is 2.20. The van der Waals surface area contributed by atoms with Gasteiger partial charge in [0.15, 0.2) is 0 Å². The fourth-order valence-corrected chi connectivity index (χ4v) is 1.20. The van der Waals surface area contributed by atoms with Crippen LogP contribution in [0.15, 0.2) is 24.3 Å². The van der Waals surface area contributed by atoms with Crippen molar-refractivity contribution in [2.45, 2.75) is 6.42 Å². The van der Waals surface area contributed by atoms with E-state index in [0.29, 0.717) is 5.56 Å². The maximum absolute atomic E-state index is 12.7. The third-order valence-electron chi connectivity index (χ3n) is 1.73. The second-order valence-corrected chi connectivity index (χ2v) is 3.21. The third kappa shape index (κ3) is 2.90. The van der Waals surface area contributed by atoms with Crippen LogP contribution in [-0.2, 0) is 0 Å². The molecule has 0 fully saturated rings. The molecule has 0 bridgehead atoms. The zero-order chi connectivity index (χ0) is 10.4. The molecule has 0 aliphatic carbocycles. The number of hydrogen-bond donors (Lipinski definition) is 1. The second-order valence-electron chi connectivity index (χ2n) is 2.76. The standard InChI is InChI=1S/C11H10FNS/c12-11-5-4-9(3-1-2-6-14)10(7-11)8-13/h1,3-5,7,14H,2,6H2. The molecule has 1 rings (SSSR count). The van der Waals surface area contributed by atoms with E-state index in [1.807, 2.05) is 18.2 Å². The van der Waals surface area contributed by atoms with E-state index in [0.717, 1.165) is 17.7 Å². The Morgan fingerprint density at radius 1 is 1.50 bits per heavy atom. The quantitative estimate of drug-likeness (QED) is 0.757. The fraction of sp³-hybridized carbons (Fsp3) is 0.182. The Bertz CT molecular complexity index is 379. The van der Waals surface area contributed by atoms with Crippen molar-refractivity contribution in [2.24, 2.45) is 0 Å². The maximum Gasteiger partial charge on any atom is 0.124 e. The van der Waals surface area contributed by atoms with Crippen molar-refractivity contribution in [2.75, 3.05) is 5.75 Å². The van der Waals surface area contributed by atoms with Crippen molar-refractivity contribution >= 4 is 18.7 Å². The van der Waals surface area contributed by atoms with Crippen LogP contribution in [0.2, 0.25) is 0 Å². The summed E-state index contributed by atoms with van der Waals surface area (Å²) in [5, 5.41) is 8.73. The first-order chi connectivity index (χ1) is 6.77. The number of nitrogens with zero attached hydrogens (tertiary/aromatic N) is 1. The van der Waals surface area contributed by atoms with Gasteiger partial charge in [-0.15, -0.1) is 0 Å². The van der Waals surface area contributed by atoms with E-state index in [1.54, 1.807) is 6.07 Å². The first kappa shape index (κ1) is 10.8. The summed E-state index contributed by atoms with van der Waals surface area (Å²) >= 11 is 4.06. The summed E-state index contributed by atoms with van der Waals surface area (Å²) in [6.45, 7) is 0. The Balaban J connectivity index is 2.92. The normalized spacial score (nSPS) is 10.4. The van der Waals surface area contributed by atoms with Gasteiger partial charge in [-0.05, 0) is 29.9 Å². The molecule has 0 spiro atoms. The molecule has 1 nitrogen and oxygen atoms in total. The lowest BCUT2D eigenvalue weighted by atomic mass is 10.1. The fourth-order valence-electron chi connectivity index (χ4n) is 1.06. The lowest BCUT2D eigenvalue weighted by Crippen LogP contribution is -1.84. The van der Waals surface area contributed by atoms with Crippen molar-refractivity contribution in [1.82, 2.24) is 0 Å². The molecule has 0 aliphatic rings. The SMILES string of the molecule is N#Cc1cc(F)ccc1C=CCCS. The van der Waals surface area contributed by atoms with Gasteiger partial charge in [-0.1, -0.05) is 18.2 Å². The molecule has 3 heteroatoms. The van der Waals surface area contributed by atoms with E-state index >= 15 is 0 Å². The largest absolute Gasteiger partial charge is 0.207 e. The smallest absolute Gasteiger partial charge is 0.124 e. The number of hydrogen-bond acceptors (Lipinski definition) is 2. The summed E-state index contributed by atoms with van der Waals surface area (Å²) in [5.41, 5.74) is 1.11.